The van der Waals surface area contributed by atoms with Crippen LogP contribution in [0.1, 0.15) is 53.4 Å². The van der Waals surface area contributed by atoms with Crippen molar-refractivity contribution in [3.8, 4) is 0 Å². The summed E-state index contributed by atoms with van der Waals surface area (Å²) < 4.78 is 0. The molecule has 0 fully saturated rings. The number of amides is 4. The summed E-state index contributed by atoms with van der Waals surface area (Å²) in [4.78, 5) is 82.5. The van der Waals surface area contributed by atoms with Crippen molar-refractivity contribution in [3.05, 3.63) is 0 Å². The molecule has 7 N–H and O–H groups in total. The fourth-order valence-corrected chi connectivity index (χ4v) is 2.97. The van der Waals surface area contributed by atoms with E-state index >= 15 is 0 Å². The number of aliphatic hydroxyl groups excluding tert-OH is 1. The van der Waals surface area contributed by atoms with Gasteiger partial charge in [-0.15, -0.1) is 0 Å². The molecule has 0 aliphatic rings. The van der Waals surface area contributed by atoms with Crippen LogP contribution in [-0.4, -0.2) is 87.4 Å². The van der Waals surface area contributed by atoms with Gasteiger partial charge in [-0.05, 0) is 19.3 Å². The highest BCUT2D eigenvalue weighted by Gasteiger charge is 2.33. The van der Waals surface area contributed by atoms with Gasteiger partial charge in [0.1, 0.15) is 24.4 Å². The number of carbonyl (C=O) groups excluding carboxylic acids is 5. The summed E-state index contributed by atoms with van der Waals surface area (Å²) in [6.07, 6.45) is -2.44. The minimum atomic E-state index is -1.65. The van der Waals surface area contributed by atoms with Gasteiger partial charge in [-0.3, -0.25) is 28.8 Å². The molecule has 0 aromatic carbocycles. The highest BCUT2D eigenvalue weighted by atomic mass is 16.4. The number of hydrogen-bond acceptors (Lipinski definition) is 8. The van der Waals surface area contributed by atoms with Gasteiger partial charge in [-0.1, -0.05) is 20.3 Å². The molecule has 0 spiro atoms. The molecular weight excluding hydrogens is 468 g/mol. The third kappa shape index (κ3) is 11.9. The van der Waals surface area contributed by atoms with E-state index in [2.05, 4.69) is 21.3 Å². The van der Waals surface area contributed by atoms with Crippen LogP contribution in [0.25, 0.3) is 0 Å². The predicted octanol–water partition coefficient (Wildman–Crippen LogP) is -2.09. The number of aldehydes is 1. The number of carbonyl (C=O) groups is 7. The maximum atomic E-state index is 12.9. The summed E-state index contributed by atoms with van der Waals surface area (Å²) in [5.41, 5.74) is 0. The van der Waals surface area contributed by atoms with Crippen LogP contribution in [0.15, 0.2) is 0 Å². The Bertz CT molecular complexity index is 801. The van der Waals surface area contributed by atoms with E-state index < -0.39 is 78.7 Å². The number of aliphatic hydroxyl groups is 1. The van der Waals surface area contributed by atoms with E-state index in [1.54, 1.807) is 13.8 Å². The Hall–Kier alpha value is -3.55. The molecule has 0 aliphatic carbocycles. The summed E-state index contributed by atoms with van der Waals surface area (Å²) in [7, 11) is 0. The lowest BCUT2D eigenvalue weighted by Gasteiger charge is -2.28. The van der Waals surface area contributed by atoms with E-state index in [9.17, 15) is 38.7 Å². The molecule has 0 saturated heterocycles. The standard InChI is InChI=1S/C21H34N4O10/c1-5-10(2)17(22-12(4)28)20(34)24-14(6-7-15(29)30)19(33)25-18(11(3)27)21(35)23-13(9-26)8-16(31)32/h9-11,13-14,17-18,27H,5-8H2,1-4H3,(H,22,28)(H,23,35)(H,24,34)(H,25,33)(H,29,30)(H,31,32)/t10-,11+,13-,14+,17+,18+/m0/s1. The summed E-state index contributed by atoms with van der Waals surface area (Å²) in [6, 6.07) is -5.54. The molecule has 0 aromatic heterocycles. The Morgan fingerprint density at radius 3 is 1.83 bits per heavy atom. The molecule has 0 unspecified atom stereocenters. The van der Waals surface area contributed by atoms with Crippen LogP contribution >= 0.6 is 0 Å². The molecule has 0 heterocycles. The number of hydrogen-bond donors (Lipinski definition) is 7. The average Bonchev–Trinajstić information content (AvgIpc) is 2.76. The first-order valence-corrected chi connectivity index (χ1v) is 11.0. The largest absolute Gasteiger partial charge is 0.481 e. The van der Waals surface area contributed by atoms with E-state index in [4.69, 9.17) is 10.2 Å². The number of aliphatic carboxylic acids is 2. The third-order valence-corrected chi connectivity index (χ3v) is 5.08. The van der Waals surface area contributed by atoms with Gasteiger partial charge in [0.2, 0.25) is 23.6 Å². The zero-order valence-electron chi connectivity index (χ0n) is 20.1. The zero-order valence-corrected chi connectivity index (χ0v) is 20.1. The summed E-state index contributed by atoms with van der Waals surface area (Å²) >= 11 is 0. The van der Waals surface area contributed by atoms with E-state index in [1.165, 1.54) is 6.92 Å². The fraction of sp³-hybridized carbons (Fsp3) is 0.667. The molecule has 0 radical (unpaired) electrons. The van der Waals surface area contributed by atoms with E-state index in [1.807, 2.05) is 0 Å². The normalized spacial score (nSPS) is 15.8. The third-order valence-electron chi connectivity index (χ3n) is 5.08. The minimum Gasteiger partial charge on any atom is -0.481 e. The maximum Gasteiger partial charge on any atom is 0.305 e. The van der Waals surface area contributed by atoms with E-state index in [0.29, 0.717) is 6.42 Å². The second kappa shape index (κ2) is 15.4. The molecule has 0 rings (SSSR count). The molecule has 0 aliphatic heterocycles. The van der Waals surface area contributed by atoms with Gasteiger partial charge >= 0.3 is 11.9 Å². The van der Waals surface area contributed by atoms with Gasteiger partial charge in [0, 0.05) is 13.3 Å². The smallest absolute Gasteiger partial charge is 0.305 e. The molecule has 0 aromatic rings. The Balaban J connectivity index is 5.69. The minimum absolute atomic E-state index is 0.180. The highest BCUT2D eigenvalue weighted by molar-refractivity contribution is 5.95. The molecule has 35 heavy (non-hydrogen) atoms. The Labute approximate surface area is 202 Å². The van der Waals surface area contributed by atoms with Gasteiger partial charge in [-0.25, -0.2) is 0 Å². The van der Waals surface area contributed by atoms with Crippen LogP contribution in [0, 0.1) is 5.92 Å². The van der Waals surface area contributed by atoms with E-state index in [-0.39, 0.29) is 18.6 Å². The van der Waals surface area contributed by atoms with Gasteiger partial charge in [-0.2, -0.15) is 0 Å². The van der Waals surface area contributed by atoms with Crippen molar-refractivity contribution in [2.45, 2.75) is 83.6 Å². The van der Waals surface area contributed by atoms with Crippen molar-refractivity contribution in [1.29, 1.82) is 0 Å². The van der Waals surface area contributed by atoms with Gasteiger partial charge in [0.15, 0.2) is 0 Å². The monoisotopic (exact) mass is 502 g/mol. The lowest BCUT2D eigenvalue weighted by molar-refractivity contribution is -0.140. The van der Waals surface area contributed by atoms with Gasteiger partial charge in [0.25, 0.3) is 0 Å². The molecule has 0 bridgehead atoms. The van der Waals surface area contributed by atoms with Gasteiger partial charge in [0.05, 0.1) is 18.6 Å². The predicted molar refractivity (Wildman–Crippen MR) is 120 cm³/mol. The molecule has 0 saturated carbocycles. The molecule has 6 atom stereocenters. The Morgan fingerprint density at radius 1 is 0.829 bits per heavy atom. The van der Waals surface area contributed by atoms with Crippen molar-refractivity contribution in [3.63, 3.8) is 0 Å². The van der Waals surface area contributed by atoms with Crippen molar-refractivity contribution >= 4 is 41.9 Å². The molecule has 4 amide bonds. The topological polar surface area (TPSA) is 228 Å². The van der Waals surface area contributed by atoms with Crippen LogP contribution in [0.3, 0.4) is 0 Å². The van der Waals surface area contributed by atoms with Crippen LogP contribution in [0.5, 0.6) is 0 Å². The van der Waals surface area contributed by atoms with Crippen LogP contribution in [-0.2, 0) is 33.6 Å². The first-order chi connectivity index (χ1) is 16.2. The molecule has 14 nitrogen and oxygen atoms in total. The lowest BCUT2D eigenvalue weighted by Crippen LogP contribution is -2.60. The Kier molecular flexibility index (Phi) is 13.8. The summed E-state index contributed by atoms with van der Waals surface area (Å²) in [5, 5.41) is 36.9. The second-order valence-electron chi connectivity index (χ2n) is 8.13. The summed E-state index contributed by atoms with van der Waals surface area (Å²) in [6.45, 7) is 5.84. The van der Waals surface area contributed by atoms with Gasteiger partial charge < -0.3 is 41.4 Å². The van der Waals surface area contributed by atoms with E-state index in [0.717, 1.165) is 6.92 Å². The van der Waals surface area contributed by atoms with Crippen molar-refractivity contribution < 1.29 is 48.9 Å². The van der Waals surface area contributed by atoms with Crippen LogP contribution in [0.2, 0.25) is 0 Å². The maximum absolute atomic E-state index is 12.9. The zero-order chi connectivity index (χ0) is 27.3. The number of nitrogens with one attached hydrogen (secondary N) is 4. The number of rotatable bonds is 16. The van der Waals surface area contributed by atoms with Crippen molar-refractivity contribution in [2.24, 2.45) is 5.92 Å². The van der Waals surface area contributed by atoms with Crippen LogP contribution < -0.4 is 21.3 Å². The molecular formula is C21H34N4O10. The highest BCUT2D eigenvalue weighted by Crippen LogP contribution is 2.10. The quantitative estimate of drug-likeness (QED) is 0.114. The fourth-order valence-electron chi connectivity index (χ4n) is 2.97. The van der Waals surface area contributed by atoms with Crippen molar-refractivity contribution in [2.75, 3.05) is 0 Å². The Morgan fingerprint density at radius 2 is 1.40 bits per heavy atom. The second-order valence-corrected chi connectivity index (χ2v) is 8.13. The molecule has 198 valence electrons. The summed E-state index contributed by atoms with van der Waals surface area (Å²) in [5.74, 6) is -6.27. The lowest BCUT2D eigenvalue weighted by atomic mass is 9.97. The molecule has 14 heteroatoms. The SMILES string of the molecule is CC[C@H](C)[C@@H](NC(C)=O)C(=O)N[C@H](CCC(=O)O)C(=O)N[C@@H](C(=O)N[C@H](C=O)CC(=O)O)[C@@H](C)O. The first-order valence-electron chi connectivity index (χ1n) is 11.0. The first kappa shape index (κ1) is 31.4. The van der Waals surface area contributed by atoms with Crippen molar-refractivity contribution in [1.82, 2.24) is 21.3 Å². The number of carboxylic acid groups (broad SMARTS) is 2. The van der Waals surface area contributed by atoms with Crippen LogP contribution in [0.4, 0.5) is 0 Å². The number of carboxylic acids is 2. The average molecular weight is 503 g/mol.